The monoisotopic (exact) mass is 527 g/mol. The zero-order valence-corrected chi connectivity index (χ0v) is 20.1. The molecule has 3 N–H and O–H groups in total. The molecular formula is C21H34IN7O. The van der Waals surface area contributed by atoms with Crippen molar-refractivity contribution in [2.75, 3.05) is 26.7 Å². The van der Waals surface area contributed by atoms with Gasteiger partial charge in [-0.1, -0.05) is 19.3 Å². The number of likely N-dealkylation sites (tertiary alicyclic amines) is 1. The second kappa shape index (κ2) is 11.7. The topological polar surface area (TPSA) is 94.4 Å². The largest absolute Gasteiger partial charge is 0.461 e. The van der Waals surface area contributed by atoms with E-state index >= 15 is 0 Å². The van der Waals surface area contributed by atoms with Gasteiger partial charge in [0, 0.05) is 45.2 Å². The summed E-state index contributed by atoms with van der Waals surface area (Å²) in [7, 11) is 1.83. The lowest BCUT2D eigenvalue weighted by Gasteiger charge is -2.39. The maximum atomic E-state index is 5.33. The third-order valence-corrected chi connectivity index (χ3v) is 6.11. The molecule has 3 heterocycles. The number of H-pyrrole nitrogens is 1. The molecule has 0 bridgehead atoms. The second-order valence-electron chi connectivity index (χ2n) is 8.08. The Balaban J connectivity index is 0.00000256. The van der Waals surface area contributed by atoms with E-state index in [1.165, 1.54) is 58.0 Å². The molecular weight excluding hydrogens is 493 g/mol. The molecule has 1 saturated carbocycles. The number of piperidine rings is 1. The SMILES string of the molecule is CN=C(NCCc1nc(-c2ccco2)n[nH]1)NC1CCN(C2CCCCC2)CC1.I. The summed E-state index contributed by atoms with van der Waals surface area (Å²) in [5.74, 6) is 2.97. The highest BCUT2D eigenvalue weighted by Crippen LogP contribution is 2.25. The number of nitrogens with one attached hydrogen (secondary N) is 3. The van der Waals surface area contributed by atoms with Gasteiger partial charge in [0.05, 0.1) is 6.26 Å². The minimum atomic E-state index is 0. The summed E-state index contributed by atoms with van der Waals surface area (Å²) in [5, 5.41) is 14.2. The van der Waals surface area contributed by atoms with Gasteiger partial charge >= 0.3 is 0 Å². The standard InChI is InChI=1S/C21H33N7O.HI/c1-22-21(23-12-9-19-25-20(27-26-19)18-8-5-15-29-18)24-16-10-13-28(14-11-16)17-6-3-2-4-7-17;/h5,8,15-17H,2-4,6-7,9-14H2,1H3,(H2,22,23,24)(H,25,26,27);1H. The van der Waals surface area contributed by atoms with Crippen LogP contribution in [0.15, 0.2) is 27.8 Å². The van der Waals surface area contributed by atoms with Crippen LogP contribution in [0.5, 0.6) is 0 Å². The average Bonchev–Trinajstić information content (AvgIpc) is 3.46. The van der Waals surface area contributed by atoms with Gasteiger partial charge in [-0.3, -0.25) is 10.1 Å². The van der Waals surface area contributed by atoms with Gasteiger partial charge in [0.2, 0.25) is 5.82 Å². The molecule has 0 unspecified atom stereocenters. The van der Waals surface area contributed by atoms with Crippen molar-refractivity contribution in [3.63, 3.8) is 0 Å². The van der Waals surface area contributed by atoms with Crippen LogP contribution in [-0.2, 0) is 6.42 Å². The van der Waals surface area contributed by atoms with E-state index in [4.69, 9.17) is 4.42 Å². The van der Waals surface area contributed by atoms with Crippen molar-refractivity contribution in [1.29, 1.82) is 0 Å². The fourth-order valence-electron chi connectivity index (χ4n) is 4.47. The Morgan fingerprint density at radius 2 is 2.03 bits per heavy atom. The minimum absolute atomic E-state index is 0. The lowest BCUT2D eigenvalue weighted by molar-refractivity contribution is 0.119. The average molecular weight is 527 g/mol. The van der Waals surface area contributed by atoms with Gasteiger partial charge in [0.1, 0.15) is 5.82 Å². The van der Waals surface area contributed by atoms with Gasteiger partial charge in [-0.05, 0) is 37.8 Å². The van der Waals surface area contributed by atoms with E-state index < -0.39 is 0 Å². The first-order valence-corrected chi connectivity index (χ1v) is 11.0. The van der Waals surface area contributed by atoms with Crippen LogP contribution in [0.2, 0.25) is 0 Å². The Labute approximate surface area is 195 Å². The molecule has 30 heavy (non-hydrogen) atoms. The van der Waals surface area contributed by atoms with Crippen LogP contribution in [0.25, 0.3) is 11.6 Å². The molecule has 0 amide bonds. The van der Waals surface area contributed by atoms with Crippen molar-refractivity contribution in [2.24, 2.45) is 4.99 Å². The van der Waals surface area contributed by atoms with Crippen molar-refractivity contribution in [3.8, 4) is 11.6 Å². The summed E-state index contributed by atoms with van der Waals surface area (Å²) in [5.41, 5.74) is 0. The quantitative estimate of drug-likeness (QED) is 0.304. The fourth-order valence-corrected chi connectivity index (χ4v) is 4.47. The molecule has 0 aromatic carbocycles. The smallest absolute Gasteiger partial charge is 0.216 e. The predicted molar refractivity (Wildman–Crippen MR) is 129 cm³/mol. The first-order chi connectivity index (χ1) is 14.3. The number of rotatable bonds is 6. The summed E-state index contributed by atoms with van der Waals surface area (Å²) in [6, 6.07) is 5.02. The van der Waals surface area contributed by atoms with Gasteiger partial charge in [-0.2, -0.15) is 5.10 Å². The zero-order valence-electron chi connectivity index (χ0n) is 17.8. The maximum Gasteiger partial charge on any atom is 0.216 e. The third kappa shape index (κ3) is 6.19. The third-order valence-electron chi connectivity index (χ3n) is 6.11. The van der Waals surface area contributed by atoms with Gasteiger partial charge in [0.25, 0.3) is 0 Å². The normalized spacial score (nSPS) is 19.4. The number of guanidine groups is 1. The number of hydrogen-bond donors (Lipinski definition) is 3. The summed E-state index contributed by atoms with van der Waals surface area (Å²) >= 11 is 0. The Bertz CT molecular complexity index is 762. The number of nitrogens with zero attached hydrogens (tertiary/aromatic N) is 4. The van der Waals surface area contributed by atoms with Crippen LogP contribution >= 0.6 is 24.0 Å². The fraction of sp³-hybridized carbons (Fsp3) is 0.667. The second-order valence-corrected chi connectivity index (χ2v) is 8.08. The molecule has 0 spiro atoms. The van der Waals surface area contributed by atoms with Crippen molar-refractivity contribution in [1.82, 2.24) is 30.7 Å². The van der Waals surface area contributed by atoms with E-state index in [0.717, 1.165) is 30.8 Å². The Kier molecular flexibility index (Phi) is 8.98. The van der Waals surface area contributed by atoms with E-state index in [1.54, 1.807) is 6.26 Å². The zero-order chi connectivity index (χ0) is 19.9. The van der Waals surface area contributed by atoms with Crippen molar-refractivity contribution in [2.45, 2.75) is 63.5 Å². The number of halogens is 1. The minimum Gasteiger partial charge on any atom is -0.461 e. The van der Waals surface area contributed by atoms with Crippen LogP contribution in [-0.4, -0.2) is 64.8 Å². The summed E-state index contributed by atoms with van der Waals surface area (Å²) in [4.78, 5) is 11.6. The van der Waals surface area contributed by atoms with E-state index in [0.29, 0.717) is 17.6 Å². The highest BCUT2D eigenvalue weighted by Gasteiger charge is 2.26. The van der Waals surface area contributed by atoms with Crippen molar-refractivity contribution in [3.05, 3.63) is 24.2 Å². The van der Waals surface area contributed by atoms with Gasteiger partial charge in [-0.15, -0.1) is 24.0 Å². The molecule has 9 heteroatoms. The molecule has 0 radical (unpaired) electrons. The lowest BCUT2D eigenvalue weighted by atomic mass is 9.92. The molecule has 166 valence electrons. The molecule has 1 aliphatic carbocycles. The lowest BCUT2D eigenvalue weighted by Crippen LogP contribution is -2.51. The van der Waals surface area contributed by atoms with E-state index in [9.17, 15) is 0 Å². The first kappa shape index (κ1) is 23.1. The Morgan fingerprint density at radius 1 is 1.23 bits per heavy atom. The van der Waals surface area contributed by atoms with Crippen LogP contribution in [0.3, 0.4) is 0 Å². The summed E-state index contributed by atoms with van der Waals surface area (Å²) in [6.07, 6.45) is 11.8. The maximum absolute atomic E-state index is 5.33. The molecule has 1 aliphatic heterocycles. The molecule has 0 atom stereocenters. The molecule has 2 aromatic heterocycles. The molecule has 2 fully saturated rings. The van der Waals surface area contributed by atoms with E-state index in [1.807, 2.05) is 19.2 Å². The number of aliphatic imine (C=N–C) groups is 1. The molecule has 1 saturated heterocycles. The highest BCUT2D eigenvalue weighted by atomic mass is 127. The van der Waals surface area contributed by atoms with Gasteiger partial charge in [-0.25, -0.2) is 4.98 Å². The van der Waals surface area contributed by atoms with E-state index in [2.05, 4.69) is 35.7 Å². The van der Waals surface area contributed by atoms with Gasteiger partial charge in [0.15, 0.2) is 11.7 Å². The van der Waals surface area contributed by atoms with Crippen LogP contribution < -0.4 is 10.6 Å². The first-order valence-electron chi connectivity index (χ1n) is 11.0. The number of aromatic nitrogens is 3. The Hall–Kier alpha value is -1.62. The number of hydrogen-bond acceptors (Lipinski definition) is 5. The summed E-state index contributed by atoms with van der Waals surface area (Å²) < 4.78 is 5.33. The Morgan fingerprint density at radius 3 is 2.73 bits per heavy atom. The number of aromatic amines is 1. The van der Waals surface area contributed by atoms with Crippen LogP contribution in [0, 0.1) is 0 Å². The summed E-state index contributed by atoms with van der Waals surface area (Å²) in [6.45, 7) is 3.15. The van der Waals surface area contributed by atoms with Crippen LogP contribution in [0.4, 0.5) is 0 Å². The number of furan rings is 1. The van der Waals surface area contributed by atoms with E-state index in [-0.39, 0.29) is 24.0 Å². The molecule has 2 aliphatic rings. The van der Waals surface area contributed by atoms with Crippen molar-refractivity contribution < 1.29 is 4.42 Å². The molecule has 2 aromatic rings. The van der Waals surface area contributed by atoms with Gasteiger partial charge < -0.3 is 20.0 Å². The highest BCUT2D eigenvalue weighted by molar-refractivity contribution is 14.0. The van der Waals surface area contributed by atoms with Crippen LogP contribution in [0.1, 0.15) is 50.8 Å². The van der Waals surface area contributed by atoms with Crippen molar-refractivity contribution >= 4 is 29.9 Å². The molecule has 4 rings (SSSR count). The predicted octanol–water partition coefficient (Wildman–Crippen LogP) is 3.19. The molecule has 8 nitrogen and oxygen atoms in total.